The monoisotopic (exact) mass is 700 g/mol. The highest BCUT2D eigenvalue weighted by atomic mass is 16.6. The molecule has 0 saturated carbocycles. The predicted octanol–water partition coefficient (Wildman–Crippen LogP) is 5.51. The van der Waals surface area contributed by atoms with Crippen LogP contribution in [0, 0.1) is 0 Å². The summed E-state index contributed by atoms with van der Waals surface area (Å²) in [6.45, 7) is 13.7. The van der Waals surface area contributed by atoms with Gasteiger partial charge in [0.15, 0.2) is 12.2 Å². The Morgan fingerprint density at radius 3 is 1.33 bits per heavy atom. The lowest BCUT2D eigenvalue weighted by atomic mass is 9.78. The second kappa shape index (κ2) is 17.5. The Bertz CT molecular complexity index is 1670. The summed E-state index contributed by atoms with van der Waals surface area (Å²) in [5.74, 6) is -0.179. The summed E-state index contributed by atoms with van der Waals surface area (Å²) in [7, 11) is 0. The van der Waals surface area contributed by atoms with Gasteiger partial charge >= 0.3 is 24.1 Å². The van der Waals surface area contributed by atoms with E-state index in [2.05, 4.69) is 37.0 Å². The lowest BCUT2D eigenvalue weighted by Gasteiger charge is -2.27. The van der Waals surface area contributed by atoms with Crippen molar-refractivity contribution in [3.05, 3.63) is 121 Å². The van der Waals surface area contributed by atoms with Gasteiger partial charge in [0.25, 0.3) is 0 Å². The number of hydrogen-bond donors (Lipinski definition) is 0. The number of carbonyl (C=O) groups is 4. The molecule has 0 radical (unpaired) electrons. The van der Waals surface area contributed by atoms with Gasteiger partial charge in [0.1, 0.15) is 50.6 Å². The van der Waals surface area contributed by atoms with Crippen molar-refractivity contribution in [2.75, 3.05) is 26.4 Å². The van der Waals surface area contributed by atoms with Crippen molar-refractivity contribution in [1.29, 1.82) is 0 Å². The zero-order valence-electron chi connectivity index (χ0n) is 28.9. The first-order valence-electron chi connectivity index (χ1n) is 15.8. The minimum absolute atomic E-state index is 0.0753. The Labute approximate surface area is 295 Å². The molecular formula is C37H40N4O10. The van der Waals surface area contributed by atoms with Gasteiger partial charge in [0, 0.05) is 41.3 Å². The number of nitrogens with zero attached hydrogens (tertiary/aromatic N) is 4. The molecule has 0 N–H and O–H groups in total. The highest BCUT2D eigenvalue weighted by Crippen LogP contribution is 2.33. The summed E-state index contributed by atoms with van der Waals surface area (Å²) in [6.07, 6.45) is 5.17. The maximum atomic E-state index is 12.5. The molecule has 4 rings (SSSR count). The molecule has 0 saturated heterocycles. The van der Waals surface area contributed by atoms with E-state index in [9.17, 15) is 19.2 Å². The van der Waals surface area contributed by atoms with E-state index in [1.165, 1.54) is 51.3 Å². The van der Waals surface area contributed by atoms with Crippen LogP contribution in [0.4, 0.5) is 9.59 Å². The van der Waals surface area contributed by atoms with E-state index >= 15 is 0 Å². The van der Waals surface area contributed by atoms with E-state index in [0.29, 0.717) is 11.5 Å². The number of ether oxygens (including phenoxy) is 6. The van der Waals surface area contributed by atoms with Gasteiger partial charge in [0.05, 0.1) is 0 Å². The Morgan fingerprint density at radius 2 is 1.02 bits per heavy atom. The van der Waals surface area contributed by atoms with Crippen molar-refractivity contribution >= 4 is 24.1 Å². The van der Waals surface area contributed by atoms with Gasteiger partial charge in [-0.1, -0.05) is 51.3 Å². The molecule has 2 unspecified atom stereocenters. The molecule has 0 aliphatic rings. The van der Waals surface area contributed by atoms with E-state index in [1.54, 1.807) is 24.3 Å². The first-order chi connectivity index (χ1) is 24.3. The molecule has 2 aromatic heterocycles. The maximum absolute atomic E-state index is 12.5. The smallest absolute Gasteiger partial charge is 0.419 e. The first kappa shape index (κ1) is 37.6. The van der Waals surface area contributed by atoms with Crippen LogP contribution in [0.1, 0.15) is 38.8 Å². The molecule has 2 heterocycles. The molecule has 0 aliphatic carbocycles. The lowest BCUT2D eigenvalue weighted by molar-refractivity contribution is -0.143. The van der Waals surface area contributed by atoms with Crippen molar-refractivity contribution < 1.29 is 47.6 Å². The van der Waals surface area contributed by atoms with E-state index in [1.807, 2.05) is 24.3 Å². The average Bonchev–Trinajstić information content (AvgIpc) is 3.86. The number of hydrogen-bond acceptors (Lipinski definition) is 12. The Kier molecular flexibility index (Phi) is 12.9. The van der Waals surface area contributed by atoms with Gasteiger partial charge in [0.2, 0.25) is 0 Å². The van der Waals surface area contributed by atoms with Crippen LogP contribution in [-0.2, 0) is 34.0 Å². The largest absolute Gasteiger partial charge is 0.490 e. The SMILES string of the molecule is C=C(C)C(=O)OCC(COc1ccc(C(C)(C)c2ccc(OCC(COC(=O)C(=C)C)OC(=O)n3ccnc3)cc2)cc1)OC(=O)n1ccnc1. The molecule has 268 valence electrons. The Balaban J connectivity index is 1.35. The van der Waals surface area contributed by atoms with E-state index < -0.39 is 41.7 Å². The van der Waals surface area contributed by atoms with Crippen LogP contribution in [0.2, 0.25) is 0 Å². The molecule has 4 aromatic rings. The van der Waals surface area contributed by atoms with Gasteiger partial charge in [-0.15, -0.1) is 0 Å². The third-order valence-electron chi connectivity index (χ3n) is 7.49. The number of benzene rings is 2. The Morgan fingerprint density at radius 1 is 0.647 bits per heavy atom. The van der Waals surface area contributed by atoms with Crippen molar-refractivity contribution in [2.24, 2.45) is 0 Å². The fourth-order valence-electron chi connectivity index (χ4n) is 4.44. The van der Waals surface area contributed by atoms with Crippen molar-refractivity contribution in [1.82, 2.24) is 19.1 Å². The number of carbonyl (C=O) groups excluding carboxylic acids is 4. The minimum Gasteiger partial charge on any atom is -0.490 e. The highest BCUT2D eigenvalue weighted by molar-refractivity contribution is 5.87. The van der Waals surface area contributed by atoms with Crippen LogP contribution in [0.3, 0.4) is 0 Å². The van der Waals surface area contributed by atoms with Gasteiger partial charge in [-0.25, -0.2) is 38.3 Å². The average molecular weight is 701 g/mol. The normalized spacial score (nSPS) is 12.2. The quantitative estimate of drug-likeness (QED) is 0.0821. The van der Waals surface area contributed by atoms with Crippen LogP contribution in [-0.4, -0.2) is 81.9 Å². The van der Waals surface area contributed by atoms with Crippen molar-refractivity contribution in [2.45, 2.75) is 45.3 Å². The fourth-order valence-corrected chi connectivity index (χ4v) is 4.44. The molecule has 2 atom stereocenters. The zero-order chi connectivity index (χ0) is 37.0. The summed E-state index contributed by atoms with van der Waals surface area (Å²) >= 11 is 0. The summed E-state index contributed by atoms with van der Waals surface area (Å²) in [6, 6.07) is 14.9. The molecule has 0 aliphatic heterocycles. The highest BCUT2D eigenvalue weighted by Gasteiger charge is 2.25. The van der Waals surface area contributed by atoms with Crippen molar-refractivity contribution in [3.8, 4) is 11.5 Å². The summed E-state index contributed by atoms with van der Waals surface area (Å²) in [4.78, 5) is 56.5. The summed E-state index contributed by atoms with van der Waals surface area (Å²) in [5.41, 5.74) is 2.00. The number of esters is 2. The third-order valence-corrected chi connectivity index (χ3v) is 7.49. The van der Waals surface area contributed by atoms with Gasteiger partial charge in [-0.3, -0.25) is 0 Å². The summed E-state index contributed by atoms with van der Waals surface area (Å²) < 4.78 is 35.5. The minimum atomic E-state index is -0.898. The zero-order valence-corrected chi connectivity index (χ0v) is 28.9. The molecule has 2 aromatic carbocycles. The molecule has 14 nitrogen and oxygen atoms in total. The molecule has 51 heavy (non-hydrogen) atoms. The predicted molar refractivity (Wildman–Crippen MR) is 183 cm³/mol. The molecule has 0 amide bonds. The van der Waals surface area contributed by atoms with Crippen LogP contribution in [0.25, 0.3) is 0 Å². The van der Waals surface area contributed by atoms with E-state index in [4.69, 9.17) is 28.4 Å². The standard InChI is InChI=1S/C37H40N4O10/c1-25(2)33(42)48-21-31(50-35(44)40-17-15-38-23-40)19-46-29-11-7-27(8-12-29)37(5,6)28-9-13-30(14-10-28)47-20-32(22-49-34(43)26(3)4)51-36(45)41-18-16-39-24-41/h7-18,23-24,31-32H,1,3,19-22H2,2,4-6H3. The third kappa shape index (κ3) is 10.9. The fraction of sp³-hybridized carbons (Fsp3) is 0.297. The number of rotatable bonds is 16. The maximum Gasteiger partial charge on any atom is 0.419 e. The second-order valence-corrected chi connectivity index (χ2v) is 12.0. The van der Waals surface area contributed by atoms with Gasteiger partial charge in [-0.2, -0.15) is 0 Å². The summed E-state index contributed by atoms with van der Waals surface area (Å²) in [5, 5.41) is 0. The van der Waals surface area contributed by atoms with Crippen LogP contribution < -0.4 is 9.47 Å². The first-order valence-corrected chi connectivity index (χ1v) is 15.8. The van der Waals surface area contributed by atoms with E-state index in [-0.39, 0.29) is 37.6 Å². The van der Waals surface area contributed by atoms with Gasteiger partial charge in [-0.05, 0) is 49.2 Å². The Hall–Kier alpha value is -6.18. The van der Waals surface area contributed by atoms with Crippen molar-refractivity contribution in [3.63, 3.8) is 0 Å². The second-order valence-electron chi connectivity index (χ2n) is 12.0. The lowest BCUT2D eigenvalue weighted by Crippen LogP contribution is -2.32. The number of aromatic nitrogens is 4. The molecular weight excluding hydrogens is 660 g/mol. The number of imidazole rings is 2. The molecule has 0 bridgehead atoms. The van der Waals surface area contributed by atoms with Gasteiger partial charge < -0.3 is 28.4 Å². The van der Waals surface area contributed by atoms with E-state index in [0.717, 1.165) is 20.3 Å². The molecule has 0 spiro atoms. The topological polar surface area (TPSA) is 159 Å². The van der Waals surface area contributed by atoms with Crippen LogP contribution >= 0.6 is 0 Å². The van der Waals surface area contributed by atoms with Crippen LogP contribution in [0.15, 0.2) is 110 Å². The van der Waals surface area contributed by atoms with Crippen LogP contribution in [0.5, 0.6) is 11.5 Å². The molecule has 14 heteroatoms. The molecule has 0 fully saturated rings.